The maximum absolute atomic E-state index is 6.42. The van der Waals surface area contributed by atoms with Gasteiger partial charge in [-0.05, 0) is 34.3 Å². The monoisotopic (exact) mass is 450 g/mol. The van der Waals surface area contributed by atoms with Gasteiger partial charge in [0.15, 0.2) is 5.65 Å². The Labute approximate surface area is 177 Å². The van der Waals surface area contributed by atoms with Crippen LogP contribution in [-0.4, -0.2) is 24.4 Å². The van der Waals surface area contributed by atoms with Crippen LogP contribution in [-0.2, 0) is 6.54 Å². The quantitative estimate of drug-likeness (QED) is 0.472. The van der Waals surface area contributed by atoms with Crippen molar-refractivity contribution < 1.29 is 0 Å². The molecule has 4 aromatic rings. The average Bonchev–Trinajstić information content (AvgIpc) is 3.39. The Balaban J connectivity index is 1.53. The second kappa shape index (κ2) is 7.63. The molecule has 5 rings (SSSR count). The molecule has 148 valence electrons. The third-order valence-electron chi connectivity index (χ3n) is 5.77. The van der Waals surface area contributed by atoms with E-state index in [2.05, 4.69) is 38.3 Å². The van der Waals surface area contributed by atoms with E-state index in [0.717, 1.165) is 33.5 Å². The minimum atomic E-state index is 0.453. The van der Waals surface area contributed by atoms with E-state index in [9.17, 15) is 0 Å². The Hall–Kier alpha value is -2.67. The lowest BCUT2D eigenvalue weighted by atomic mass is 9.87. The summed E-state index contributed by atoms with van der Waals surface area (Å²) in [6.45, 7) is 0.731. The van der Waals surface area contributed by atoms with E-state index in [1.54, 1.807) is 4.52 Å². The van der Waals surface area contributed by atoms with Gasteiger partial charge in [0.25, 0.3) is 0 Å². The highest BCUT2D eigenvalue weighted by atomic mass is 79.9. The summed E-state index contributed by atoms with van der Waals surface area (Å²) < 4.78 is 4.55. The molecule has 0 amide bonds. The van der Waals surface area contributed by atoms with Crippen LogP contribution >= 0.6 is 15.9 Å². The number of benzene rings is 1. The number of aromatic nitrogens is 5. The van der Waals surface area contributed by atoms with Crippen molar-refractivity contribution in [1.29, 1.82) is 0 Å². The van der Waals surface area contributed by atoms with Gasteiger partial charge in [0.05, 0.1) is 29.1 Å². The van der Waals surface area contributed by atoms with Gasteiger partial charge >= 0.3 is 0 Å². The van der Waals surface area contributed by atoms with Gasteiger partial charge in [0, 0.05) is 23.2 Å². The minimum absolute atomic E-state index is 0.453. The first-order valence-electron chi connectivity index (χ1n) is 10.1. The number of hydrogen-bond donors (Lipinski definition) is 1. The molecule has 7 heteroatoms. The molecule has 0 saturated heterocycles. The third-order valence-corrected chi connectivity index (χ3v) is 6.58. The molecular weight excluding hydrogens is 428 g/mol. The number of fused-ring (bicyclic) bond motifs is 1. The van der Waals surface area contributed by atoms with E-state index in [4.69, 9.17) is 10.7 Å². The Morgan fingerprint density at radius 1 is 1.03 bits per heavy atom. The zero-order valence-electron chi connectivity index (χ0n) is 16.1. The summed E-state index contributed by atoms with van der Waals surface area (Å²) >= 11 is 3.68. The summed E-state index contributed by atoms with van der Waals surface area (Å²) in [5.41, 5.74) is 11.5. The van der Waals surface area contributed by atoms with Crippen molar-refractivity contribution >= 4 is 27.4 Å². The number of nitrogen functional groups attached to an aromatic ring is 1. The van der Waals surface area contributed by atoms with Crippen LogP contribution in [0.15, 0.2) is 53.4 Å². The summed E-state index contributed by atoms with van der Waals surface area (Å²) in [6, 6.07) is 10.3. The predicted octanol–water partition coefficient (Wildman–Crippen LogP) is 5.03. The van der Waals surface area contributed by atoms with Crippen molar-refractivity contribution in [2.45, 2.75) is 44.6 Å². The third kappa shape index (κ3) is 3.44. The van der Waals surface area contributed by atoms with Crippen LogP contribution in [0.1, 0.15) is 49.3 Å². The normalized spacial score (nSPS) is 15.2. The van der Waals surface area contributed by atoms with E-state index < -0.39 is 0 Å². The number of rotatable bonds is 4. The number of hydrogen-bond acceptors (Lipinski definition) is 4. The summed E-state index contributed by atoms with van der Waals surface area (Å²) in [5.74, 6) is 1.06. The van der Waals surface area contributed by atoms with Crippen molar-refractivity contribution in [2.24, 2.45) is 0 Å². The molecule has 0 spiro atoms. The molecule has 0 atom stereocenters. The lowest BCUT2D eigenvalue weighted by Crippen LogP contribution is -2.11. The van der Waals surface area contributed by atoms with Gasteiger partial charge in [-0.25, -0.2) is 4.98 Å². The molecule has 1 aliphatic rings. The van der Waals surface area contributed by atoms with Crippen LogP contribution in [0.4, 0.5) is 5.82 Å². The predicted molar refractivity (Wildman–Crippen MR) is 118 cm³/mol. The van der Waals surface area contributed by atoms with Crippen LogP contribution in [0.3, 0.4) is 0 Å². The van der Waals surface area contributed by atoms with E-state index in [-0.39, 0.29) is 0 Å². The smallest absolute Gasteiger partial charge is 0.165 e. The zero-order valence-corrected chi connectivity index (χ0v) is 17.7. The molecule has 0 bridgehead atoms. The lowest BCUT2D eigenvalue weighted by Gasteiger charge is -2.22. The topological polar surface area (TPSA) is 74.0 Å². The molecule has 1 saturated carbocycles. The van der Waals surface area contributed by atoms with Gasteiger partial charge in [-0.2, -0.15) is 14.7 Å². The van der Waals surface area contributed by atoms with Gasteiger partial charge in [-0.1, -0.05) is 49.6 Å². The minimum Gasteiger partial charge on any atom is -0.383 e. The molecule has 3 aromatic heterocycles. The highest BCUT2D eigenvalue weighted by Crippen LogP contribution is 2.38. The number of nitrogens with zero attached hydrogens (tertiary/aromatic N) is 5. The van der Waals surface area contributed by atoms with E-state index in [1.165, 1.54) is 37.7 Å². The van der Waals surface area contributed by atoms with E-state index in [1.807, 2.05) is 41.5 Å². The SMILES string of the molecule is Nc1c(Br)c(C2CCCCC2)nc2c(-c3cnn(Cc4ccccc4)c3)cnn12. The van der Waals surface area contributed by atoms with Crippen molar-refractivity contribution in [3.63, 3.8) is 0 Å². The molecule has 0 radical (unpaired) electrons. The molecule has 1 aromatic carbocycles. The van der Waals surface area contributed by atoms with Crippen LogP contribution in [0, 0.1) is 0 Å². The second-order valence-corrected chi connectivity index (χ2v) is 8.53. The zero-order chi connectivity index (χ0) is 19.8. The molecule has 0 aliphatic heterocycles. The Bertz CT molecular complexity index is 1140. The fraction of sp³-hybridized carbons (Fsp3) is 0.318. The fourth-order valence-corrected chi connectivity index (χ4v) is 4.80. The Kier molecular flexibility index (Phi) is 4.83. The van der Waals surface area contributed by atoms with Gasteiger partial charge in [-0.3, -0.25) is 4.68 Å². The van der Waals surface area contributed by atoms with Crippen molar-refractivity contribution in [3.05, 3.63) is 64.7 Å². The highest BCUT2D eigenvalue weighted by Gasteiger charge is 2.24. The van der Waals surface area contributed by atoms with Crippen molar-refractivity contribution in [2.75, 3.05) is 5.73 Å². The maximum Gasteiger partial charge on any atom is 0.165 e. The molecule has 0 unspecified atom stereocenters. The van der Waals surface area contributed by atoms with Gasteiger partial charge in [-0.15, -0.1) is 0 Å². The van der Waals surface area contributed by atoms with E-state index >= 15 is 0 Å². The fourth-order valence-electron chi connectivity index (χ4n) is 4.22. The molecule has 3 heterocycles. The van der Waals surface area contributed by atoms with Crippen LogP contribution in [0.5, 0.6) is 0 Å². The first-order chi connectivity index (χ1) is 14.2. The molecule has 2 N–H and O–H groups in total. The van der Waals surface area contributed by atoms with E-state index in [0.29, 0.717) is 11.7 Å². The Morgan fingerprint density at radius 2 is 1.83 bits per heavy atom. The lowest BCUT2D eigenvalue weighted by molar-refractivity contribution is 0.435. The summed E-state index contributed by atoms with van der Waals surface area (Å²) in [5, 5.41) is 9.03. The molecule has 29 heavy (non-hydrogen) atoms. The second-order valence-electron chi connectivity index (χ2n) is 7.74. The number of nitrogens with two attached hydrogens (primary N) is 1. The van der Waals surface area contributed by atoms with Gasteiger partial charge < -0.3 is 5.73 Å². The largest absolute Gasteiger partial charge is 0.383 e. The molecule has 1 aliphatic carbocycles. The summed E-state index contributed by atoms with van der Waals surface area (Å²) in [6.07, 6.45) is 11.9. The molecular formula is C22H23BrN6. The highest BCUT2D eigenvalue weighted by molar-refractivity contribution is 9.10. The van der Waals surface area contributed by atoms with Gasteiger partial charge in [0.1, 0.15) is 5.82 Å². The standard InChI is InChI=1S/C22H23BrN6/c23-19-20(16-9-5-2-6-10-16)27-22-18(12-26-29(22)21(19)24)17-11-25-28(14-17)13-15-7-3-1-4-8-15/h1,3-4,7-8,11-12,14,16H,2,5-6,9-10,13,24H2. The van der Waals surface area contributed by atoms with Gasteiger partial charge in [0.2, 0.25) is 0 Å². The first-order valence-corrected chi connectivity index (χ1v) is 10.9. The van der Waals surface area contributed by atoms with Crippen molar-refractivity contribution in [3.8, 4) is 11.1 Å². The summed E-state index contributed by atoms with van der Waals surface area (Å²) in [7, 11) is 0. The van der Waals surface area contributed by atoms with Crippen LogP contribution in [0.2, 0.25) is 0 Å². The van der Waals surface area contributed by atoms with Crippen molar-refractivity contribution in [1.82, 2.24) is 24.4 Å². The number of anilines is 1. The molecule has 1 fully saturated rings. The van der Waals surface area contributed by atoms with Crippen LogP contribution in [0.25, 0.3) is 16.8 Å². The summed E-state index contributed by atoms with van der Waals surface area (Å²) in [4.78, 5) is 5.03. The first kappa shape index (κ1) is 18.4. The number of halogens is 1. The molecule has 6 nitrogen and oxygen atoms in total. The average molecular weight is 451 g/mol. The van der Waals surface area contributed by atoms with Crippen LogP contribution < -0.4 is 5.73 Å². The maximum atomic E-state index is 6.42. The Morgan fingerprint density at radius 3 is 2.62 bits per heavy atom.